The molecule has 0 aliphatic heterocycles. The van der Waals surface area contributed by atoms with E-state index in [-0.39, 0.29) is 11.3 Å². The topological polar surface area (TPSA) is 97.5 Å². The Balaban J connectivity index is 1.96. The SMILES string of the molecule is NC(=O)C/C(=N\Oc1cccc2sc(=O)[nH]c12)c1ccccc1. The predicted molar refractivity (Wildman–Crippen MR) is 89.9 cm³/mol. The number of rotatable bonds is 5. The fourth-order valence-corrected chi connectivity index (χ4v) is 2.86. The average molecular weight is 327 g/mol. The van der Waals surface area contributed by atoms with E-state index in [0.717, 1.165) is 21.6 Å². The highest BCUT2D eigenvalue weighted by Gasteiger charge is 2.10. The zero-order valence-electron chi connectivity index (χ0n) is 12.0. The lowest BCUT2D eigenvalue weighted by Gasteiger charge is -2.05. The molecular formula is C16H13N3O3S. The van der Waals surface area contributed by atoms with Crippen LogP contribution in [0.3, 0.4) is 0 Å². The third kappa shape index (κ3) is 3.46. The minimum absolute atomic E-state index is 0.0415. The van der Waals surface area contributed by atoms with Crippen molar-refractivity contribution in [3.8, 4) is 5.75 Å². The van der Waals surface area contributed by atoms with Crippen LogP contribution >= 0.6 is 11.3 Å². The molecule has 0 saturated heterocycles. The lowest BCUT2D eigenvalue weighted by atomic mass is 10.1. The first-order valence-corrected chi connectivity index (χ1v) is 7.64. The van der Waals surface area contributed by atoms with Gasteiger partial charge < -0.3 is 15.6 Å². The normalized spacial score (nSPS) is 11.6. The molecule has 3 rings (SSSR count). The molecule has 6 nitrogen and oxygen atoms in total. The van der Waals surface area contributed by atoms with Crippen molar-refractivity contribution in [2.45, 2.75) is 6.42 Å². The number of primary amides is 1. The molecule has 0 atom stereocenters. The van der Waals surface area contributed by atoms with Crippen LogP contribution in [0, 0.1) is 0 Å². The number of para-hydroxylation sites is 1. The minimum atomic E-state index is -0.502. The fraction of sp³-hybridized carbons (Fsp3) is 0.0625. The molecule has 0 aliphatic rings. The van der Waals surface area contributed by atoms with Crippen LogP contribution in [-0.4, -0.2) is 16.6 Å². The third-order valence-electron chi connectivity index (χ3n) is 3.12. The molecule has 116 valence electrons. The number of thiazole rings is 1. The zero-order valence-corrected chi connectivity index (χ0v) is 12.8. The number of oxime groups is 1. The van der Waals surface area contributed by atoms with Crippen LogP contribution in [0.5, 0.6) is 5.75 Å². The molecule has 1 aromatic heterocycles. The Bertz CT molecular complexity index is 928. The van der Waals surface area contributed by atoms with Crippen LogP contribution in [0.15, 0.2) is 58.5 Å². The van der Waals surface area contributed by atoms with E-state index in [9.17, 15) is 9.59 Å². The van der Waals surface area contributed by atoms with E-state index in [2.05, 4.69) is 10.1 Å². The summed E-state index contributed by atoms with van der Waals surface area (Å²) in [6.07, 6.45) is -0.0415. The largest absolute Gasteiger partial charge is 0.369 e. The zero-order chi connectivity index (χ0) is 16.2. The Morgan fingerprint density at radius 1 is 1.17 bits per heavy atom. The van der Waals surface area contributed by atoms with Gasteiger partial charge >= 0.3 is 4.87 Å². The second-order valence-electron chi connectivity index (χ2n) is 4.78. The van der Waals surface area contributed by atoms with Gasteiger partial charge in [-0.25, -0.2) is 0 Å². The number of aromatic nitrogens is 1. The quantitative estimate of drug-likeness (QED) is 0.555. The van der Waals surface area contributed by atoms with Gasteiger partial charge in [0.2, 0.25) is 5.91 Å². The molecule has 1 heterocycles. The minimum Gasteiger partial charge on any atom is -0.369 e. The number of H-pyrrole nitrogens is 1. The van der Waals surface area contributed by atoms with Crippen LogP contribution in [0.4, 0.5) is 0 Å². The van der Waals surface area contributed by atoms with Gasteiger partial charge in [-0.05, 0) is 17.7 Å². The Kier molecular flexibility index (Phi) is 4.20. The third-order valence-corrected chi connectivity index (χ3v) is 3.97. The molecule has 0 fully saturated rings. The van der Waals surface area contributed by atoms with Gasteiger partial charge in [-0.1, -0.05) is 52.9 Å². The molecule has 3 N–H and O–H groups in total. The van der Waals surface area contributed by atoms with Gasteiger partial charge in [0.15, 0.2) is 5.75 Å². The molecule has 0 radical (unpaired) electrons. The van der Waals surface area contributed by atoms with E-state index in [1.165, 1.54) is 0 Å². The summed E-state index contributed by atoms with van der Waals surface area (Å²) in [5.74, 6) is -0.0860. The van der Waals surface area contributed by atoms with Crippen LogP contribution in [0.2, 0.25) is 0 Å². The van der Waals surface area contributed by atoms with Gasteiger partial charge in [-0.15, -0.1) is 0 Å². The number of carbonyl (C=O) groups excluding carboxylic acids is 1. The maximum absolute atomic E-state index is 11.5. The molecular weight excluding hydrogens is 314 g/mol. The van der Waals surface area contributed by atoms with Gasteiger partial charge in [0.1, 0.15) is 5.52 Å². The molecule has 23 heavy (non-hydrogen) atoms. The summed E-state index contributed by atoms with van der Waals surface area (Å²) in [5.41, 5.74) is 7.02. The van der Waals surface area contributed by atoms with Crippen molar-refractivity contribution < 1.29 is 9.63 Å². The average Bonchev–Trinajstić information content (AvgIpc) is 2.92. The highest BCUT2D eigenvalue weighted by Crippen LogP contribution is 2.25. The van der Waals surface area contributed by atoms with Crippen molar-refractivity contribution in [2.75, 3.05) is 0 Å². The highest BCUT2D eigenvalue weighted by molar-refractivity contribution is 7.16. The Morgan fingerprint density at radius 2 is 1.96 bits per heavy atom. The molecule has 7 heteroatoms. The number of hydrogen-bond acceptors (Lipinski definition) is 5. The van der Waals surface area contributed by atoms with Gasteiger partial charge in [0, 0.05) is 0 Å². The fourth-order valence-electron chi connectivity index (χ4n) is 2.11. The van der Waals surface area contributed by atoms with Crippen LogP contribution in [0.1, 0.15) is 12.0 Å². The highest BCUT2D eigenvalue weighted by atomic mass is 32.1. The summed E-state index contributed by atoms with van der Waals surface area (Å²) in [6, 6.07) is 14.5. The Hall–Kier alpha value is -2.93. The first-order chi connectivity index (χ1) is 11.1. The van der Waals surface area contributed by atoms with Gasteiger partial charge in [-0.2, -0.15) is 0 Å². The lowest BCUT2D eigenvalue weighted by molar-refractivity contribution is -0.116. The van der Waals surface area contributed by atoms with E-state index in [1.54, 1.807) is 12.1 Å². The van der Waals surface area contributed by atoms with Crippen molar-refractivity contribution in [3.63, 3.8) is 0 Å². The smallest absolute Gasteiger partial charge is 0.305 e. The van der Waals surface area contributed by atoms with E-state index >= 15 is 0 Å². The Labute approximate surface area is 135 Å². The number of nitrogens with one attached hydrogen (secondary N) is 1. The number of nitrogens with two attached hydrogens (primary N) is 1. The summed E-state index contributed by atoms with van der Waals surface area (Å²) in [7, 11) is 0. The summed E-state index contributed by atoms with van der Waals surface area (Å²) in [6.45, 7) is 0. The number of fused-ring (bicyclic) bond motifs is 1. The summed E-state index contributed by atoms with van der Waals surface area (Å²) in [5, 5.41) is 4.06. The second-order valence-corrected chi connectivity index (χ2v) is 5.80. The molecule has 0 aliphatic carbocycles. The van der Waals surface area contributed by atoms with Crippen LogP contribution < -0.4 is 15.4 Å². The molecule has 2 aromatic carbocycles. The van der Waals surface area contributed by atoms with E-state index < -0.39 is 5.91 Å². The summed E-state index contributed by atoms with van der Waals surface area (Å²) < 4.78 is 0.777. The standard InChI is InChI=1S/C16H13N3O3S/c17-14(20)9-11(10-5-2-1-3-6-10)19-22-12-7-4-8-13-15(12)18-16(21)23-13/h1-8H,9H2,(H2,17,20)(H,18,21)/b19-11+. The van der Waals surface area contributed by atoms with Crippen molar-refractivity contribution >= 4 is 33.2 Å². The number of nitrogens with zero attached hydrogens (tertiary/aromatic N) is 1. The van der Waals surface area contributed by atoms with Crippen molar-refractivity contribution in [3.05, 3.63) is 63.8 Å². The van der Waals surface area contributed by atoms with E-state index in [0.29, 0.717) is 17.0 Å². The first kappa shape index (κ1) is 15.0. The molecule has 1 amide bonds. The number of carbonyl (C=O) groups is 1. The van der Waals surface area contributed by atoms with E-state index in [4.69, 9.17) is 10.6 Å². The number of hydrogen-bond donors (Lipinski definition) is 2. The lowest BCUT2D eigenvalue weighted by Crippen LogP contribution is -2.17. The molecule has 0 bridgehead atoms. The van der Waals surface area contributed by atoms with Crippen molar-refractivity contribution in [2.24, 2.45) is 10.9 Å². The first-order valence-electron chi connectivity index (χ1n) is 6.83. The molecule has 0 unspecified atom stereocenters. The van der Waals surface area contributed by atoms with E-state index in [1.807, 2.05) is 36.4 Å². The molecule has 3 aromatic rings. The maximum atomic E-state index is 11.5. The predicted octanol–water partition coefficient (Wildman–Crippen LogP) is 2.25. The van der Waals surface area contributed by atoms with Crippen molar-refractivity contribution in [1.29, 1.82) is 0 Å². The van der Waals surface area contributed by atoms with Crippen molar-refractivity contribution in [1.82, 2.24) is 4.98 Å². The monoisotopic (exact) mass is 327 g/mol. The number of aromatic amines is 1. The number of benzene rings is 2. The summed E-state index contributed by atoms with van der Waals surface area (Å²) in [4.78, 5) is 30.7. The van der Waals surface area contributed by atoms with Crippen LogP contribution in [0.25, 0.3) is 10.2 Å². The maximum Gasteiger partial charge on any atom is 0.305 e. The summed E-state index contributed by atoms with van der Waals surface area (Å²) >= 11 is 1.09. The van der Waals surface area contributed by atoms with Gasteiger partial charge in [0.25, 0.3) is 0 Å². The molecule has 0 spiro atoms. The molecule has 0 saturated carbocycles. The Morgan fingerprint density at radius 3 is 2.70 bits per heavy atom. The van der Waals surface area contributed by atoms with Gasteiger partial charge in [-0.3, -0.25) is 9.59 Å². The second kappa shape index (κ2) is 6.45. The number of amides is 1. The van der Waals surface area contributed by atoms with Gasteiger partial charge in [0.05, 0.1) is 16.8 Å². The van der Waals surface area contributed by atoms with Crippen LogP contribution in [-0.2, 0) is 4.79 Å².